The van der Waals surface area contributed by atoms with E-state index in [1.54, 1.807) is 51.7 Å². The molecule has 9 aromatic carbocycles. The number of aromatic nitrogens is 5. The Labute approximate surface area is 713 Å². The van der Waals surface area contributed by atoms with Crippen LogP contribution < -0.4 is 28.4 Å². The first-order valence-corrected chi connectivity index (χ1v) is 42.6. The van der Waals surface area contributed by atoms with E-state index in [4.69, 9.17) is 28.4 Å². The first kappa shape index (κ1) is 82.6. The summed E-state index contributed by atoms with van der Waals surface area (Å²) in [5.41, 5.74) is 17.0. The Morgan fingerprint density at radius 3 is 1.09 bits per heavy atom. The molecule has 19 rings (SSSR count). The fourth-order valence-corrected chi connectivity index (χ4v) is 21.4. The standard InChI is InChI=1S/C36H39N3O4.C34H36FNO4.C34H37NO4/c1-35(2)31-18-23-14-21(16-29(40)34(23)43-36(31,3)13-12-32(35)41)10-11-22-15-28-33(30(17-22)42-6)26(19-38(28)4)24-8-7-9-27-25(24)20-39(5)37-27;1-33(2)29-18-23-14-20(16-27(37)32(23)40-34(29,3)13-12-30(33)38)6-7-21-15-26-31(28(17-21)39-5)25(19-36(26)4)22-8-10-24(35)11-9-22;1-33(2)29-19-24-15-21(17-27(36)32(24)39-34(29,3)14-13-30(33)37)11-12-22-16-26-31(28(18-22)38-5)25(20-35(26)4)23-9-7-6-8-10-23/h7-11,14-17,19-20,31-32,40-41H,12-13,18H2,1-6H3;6-11,14-17,19,29-30,37-38H,12-13,18H2,1-5H3;6-12,15-18,20,29-30,36-37H,13-14,19H2,1-5H3/b11-10+;7-6+;12-11+/t31-,32-,36-;2*29-,30-,34-/m111/s1. The van der Waals surface area contributed by atoms with Crippen molar-refractivity contribution in [3.8, 4) is 85.1 Å². The largest absolute Gasteiger partial charge is 0.504 e. The van der Waals surface area contributed by atoms with Gasteiger partial charge >= 0.3 is 0 Å². The molecule has 6 aliphatic rings. The Kier molecular flexibility index (Phi) is 21.0. The molecular formula is C104H112FN5O12. The highest BCUT2D eigenvalue weighted by atomic mass is 19.1. The van der Waals surface area contributed by atoms with E-state index in [0.29, 0.717) is 36.5 Å². The van der Waals surface area contributed by atoms with Gasteiger partial charge in [0.2, 0.25) is 0 Å². The topological polar surface area (TPSA) is 209 Å². The Morgan fingerprint density at radius 1 is 0.393 bits per heavy atom. The van der Waals surface area contributed by atoms with E-state index in [1.807, 2.05) is 78.1 Å². The van der Waals surface area contributed by atoms with E-state index < -0.39 is 16.8 Å². The Morgan fingerprint density at radius 2 is 0.730 bits per heavy atom. The molecule has 3 saturated carbocycles. The second-order valence-corrected chi connectivity index (χ2v) is 37.5. The van der Waals surface area contributed by atoms with Gasteiger partial charge in [-0.15, -0.1) is 0 Å². The Balaban J connectivity index is 0.000000130. The molecule has 0 amide bonds. The van der Waals surface area contributed by atoms with E-state index in [2.05, 4.69) is 200 Å². The zero-order valence-electron chi connectivity index (χ0n) is 72.7. The van der Waals surface area contributed by atoms with Gasteiger partial charge in [-0.25, -0.2) is 4.39 Å². The predicted molar refractivity (Wildman–Crippen MR) is 486 cm³/mol. The van der Waals surface area contributed by atoms with Gasteiger partial charge < -0.3 is 72.8 Å². The minimum atomic E-state index is -0.418. The van der Waals surface area contributed by atoms with Crippen molar-refractivity contribution in [1.82, 2.24) is 23.5 Å². The zero-order valence-corrected chi connectivity index (χ0v) is 72.7. The second kappa shape index (κ2) is 31.0. The number of aryl methyl sites for hydroxylation is 4. The van der Waals surface area contributed by atoms with Crippen LogP contribution in [0.5, 0.6) is 51.7 Å². The molecule has 0 unspecified atom stereocenters. The molecule has 0 bridgehead atoms. The first-order chi connectivity index (χ1) is 58.1. The van der Waals surface area contributed by atoms with Crippen molar-refractivity contribution in [3.63, 3.8) is 0 Å². The number of aliphatic hydroxyl groups is 3. The SMILES string of the molecule is COc1cc(/C=C/c2cc(O)c3c(c2)C[C@@H]2C(C)(C)[C@H](O)CC[C@@]2(C)O3)cc2c1c(-c1ccc(F)cc1)cn2C.COc1cc(/C=C/c2cc(O)c3c(c2)C[C@@H]2C(C)(C)[C@H](O)CC[C@@]2(C)O3)cc2c1c(-c1cccc3nn(C)cc13)cn2C.COc1cc(/C=C/c2cc(O)c3c(c2)C[C@@H]2C(C)(C)[C@H](O)CC[C@@]2(C)O3)cc2c1c(-c1ccccc1)cn2C. The number of hydrogen-bond donors (Lipinski definition) is 6. The summed E-state index contributed by atoms with van der Waals surface area (Å²) in [6, 6.07) is 47.2. The van der Waals surface area contributed by atoms with Crippen LogP contribution in [0.3, 0.4) is 0 Å². The van der Waals surface area contributed by atoms with Gasteiger partial charge in [-0.3, -0.25) is 4.68 Å². The average molecular weight is 1640 g/mol. The monoisotopic (exact) mass is 1640 g/mol. The van der Waals surface area contributed by atoms with E-state index >= 15 is 0 Å². The highest BCUT2D eigenvalue weighted by Crippen LogP contribution is 2.59. The van der Waals surface area contributed by atoms with Crippen LogP contribution in [0.4, 0.5) is 4.39 Å². The summed E-state index contributed by atoms with van der Waals surface area (Å²) in [5, 5.41) is 74.0. The van der Waals surface area contributed by atoms with Crippen molar-refractivity contribution < 1.29 is 63.5 Å². The van der Waals surface area contributed by atoms with Gasteiger partial charge in [0.25, 0.3) is 0 Å². The summed E-state index contributed by atoms with van der Waals surface area (Å²) in [7, 11) is 13.1. The number of phenols is 3. The van der Waals surface area contributed by atoms with Crippen LogP contribution in [0, 0.1) is 39.8 Å². The van der Waals surface area contributed by atoms with E-state index in [9.17, 15) is 35.0 Å². The van der Waals surface area contributed by atoms with Gasteiger partial charge in [-0.1, -0.05) is 133 Å². The van der Waals surface area contributed by atoms with Gasteiger partial charge in [-0.2, -0.15) is 5.10 Å². The molecule has 18 heteroatoms. The van der Waals surface area contributed by atoms with Crippen LogP contribution in [-0.2, 0) is 47.5 Å². The van der Waals surface area contributed by atoms with Crippen LogP contribution >= 0.6 is 0 Å². The van der Waals surface area contributed by atoms with Gasteiger partial charge in [0.1, 0.15) is 39.9 Å². The van der Waals surface area contributed by atoms with E-state index in [-0.39, 0.29) is 75.4 Å². The number of aromatic hydroxyl groups is 3. The van der Waals surface area contributed by atoms with Gasteiger partial charge in [-0.05, 0) is 253 Å². The third-order valence-corrected chi connectivity index (χ3v) is 28.5. The summed E-state index contributed by atoms with van der Waals surface area (Å²) in [6.45, 7) is 19.1. The molecule has 632 valence electrons. The van der Waals surface area contributed by atoms with Crippen molar-refractivity contribution in [2.24, 2.45) is 62.2 Å². The Hall–Kier alpha value is -11.7. The Bertz CT molecular complexity index is 6360. The van der Waals surface area contributed by atoms with Crippen molar-refractivity contribution in [2.75, 3.05) is 21.3 Å². The second-order valence-electron chi connectivity index (χ2n) is 37.5. The molecule has 4 aromatic heterocycles. The predicted octanol–water partition coefficient (Wildman–Crippen LogP) is 21.7. The van der Waals surface area contributed by atoms with Crippen LogP contribution in [-0.4, -0.2) is 111 Å². The minimum absolute atomic E-state index is 0.134. The number of phenolic OH excluding ortho intramolecular Hbond substituents is 3. The summed E-state index contributed by atoms with van der Waals surface area (Å²) in [5.74, 6) is 4.70. The molecule has 3 aliphatic carbocycles. The molecule has 3 aliphatic heterocycles. The molecule has 7 heterocycles. The summed E-state index contributed by atoms with van der Waals surface area (Å²) in [4.78, 5) is 0. The van der Waals surface area contributed by atoms with E-state index in [1.165, 1.54) is 12.1 Å². The number of methoxy groups -OCH3 is 3. The highest BCUT2D eigenvalue weighted by Gasteiger charge is 2.58. The van der Waals surface area contributed by atoms with Crippen molar-refractivity contribution >= 4 is 80.1 Å². The number of benzene rings is 9. The maximum atomic E-state index is 13.5. The van der Waals surface area contributed by atoms with Crippen LogP contribution in [0.25, 0.3) is 113 Å². The van der Waals surface area contributed by atoms with E-state index in [0.717, 1.165) is 183 Å². The number of fused-ring (bicyclic) bond motifs is 10. The highest BCUT2D eigenvalue weighted by molar-refractivity contribution is 6.08. The summed E-state index contributed by atoms with van der Waals surface area (Å²) >= 11 is 0. The molecule has 0 radical (unpaired) electrons. The van der Waals surface area contributed by atoms with Crippen LogP contribution in [0.1, 0.15) is 151 Å². The fraction of sp³-hybridized carbons (Fsp3) is 0.356. The van der Waals surface area contributed by atoms with Crippen LogP contribution in [0.15, 0.2) is 170 Å². The van der Waals surface area contributed by atoms with Gasteiger partial charge in [0.15, 0.2) is 34.5 Å². The quantitative estimate of drug-likeness (QED) is 0.0630. The number of nitrogens with zero attached hydrogens (tertiary/aromatic N) is 5. The third-order valence-electron chi connectivity index (χ3n) is 28.5. The molecule has 6 N–H and O–H groups in total. The number of hydrogen-bond acceptors (Lipinski definition) is 13. The van der Waals surface area contributed by atoms with Crippen molar-refractivity contribution in [1.29, 1.82) is 0 Å². The number of rotatable bonds is 12. The zero-order chi connectivity index (χ0) is 86.2. The van der Waals surface area contributed by atoms with Crippen LogP contribution in [0.2, 0.25) is 0 Å². The molecule has 17 nitrogen and oxygen atoms in total. The maximum absolute atomic E-state index is 13.5. The number of aliphatic hydroxyl groups excluding tert-OH is 3. The van der Waals surface area contributed by atoms with Crippen molar-refractivity contribution in [2.45, 2.75) is 155 Å². The first-order valence-electron chi connectivity index (χ1n) is 42.6. The lowest BCUT2D eigenvalue weighted by Gasteiger charge is -2.55. The van der Waals surface area contributed by atoms with Gasteiger partial charge in [0, 0.05) is 109 Å². The number of ether oxygens (including phenoxy) is 6. The lowest BCUT2D eigenvalue weighted by atomic mass is 9.57. The average Bonchev–Trinajstić information content (AvgIpc) is 1.22. The lowest BCUT2D eigenvalue weighted by Crippen LogP contribution is -2.58. The molecule has 9 atom stereocenters. The molecular weight excluding hydrogens is 1530 g/mol. The summed E-state index contributed by atoms with van der Waals surface area (Å²) < 4.78 is 58.8. The third kappa shape index (κ3) is 14.6. The lowest BCUT2D eigenvalue weighted by molar-refractivity contribution is -0.138. The van der Waals surface area contributed by atoms with Gasteiger partial charge in [0.05, 0.1) is 61.7 Å². The fourth-order valence-electron chi connectivity index (χ4n) is 21.4. The molecule has 0 saturated heterocycles. The molecule has 13 aromatic rings. The minimum Gasteiger partial charge on any atom is -0.504 e. The smallest absolute Gasteiger partial charge is 0.164 e. The summed E-state index contributed by atoms with van der Waals surface area (Å²) in [6.07, 6.45) is 26.1. The maximum Gasteiger partial charge on any atom is 0.164 e. The van der Waals surface area contributed by atoms with Crippen molar-refractivity contribution in [3.05, 3.63) is 226 Å². The molecule has 0 spiro atoms. The number of halogens is 1. The molecule has 122 heavy (non-hydrogen) atoms. The molecule has 3 fully saturated rings. The normalized spacial score (nSPS) is 23.4.